The SMILES string of the molecule is CCCCC(CCCC)c1cc2ccc(Br)cc2o1. The van der Waals surface area contributed by atoms with E-state index in [1.165, 1.54) is 49.7 Å². The molecular weight excluding hydrogens is 300 g/mol. The highest BCUT2D eigenvalue weighted by atomic mass is 79.9. The molecule has 0 bridgehead atoms. The molecule has 0 aliphatic rings. The van der Waals surface area contributed by atoms with Crippen LogP contribution in [0.4, 0.5) is 0 Å². The Labute approximate surface area is 124 Å². The molecule has 2 aromatic rings. The van der Waals surface area contributed by atoms with Crippen molar-refractivity contribution < 1.29 is 4.42 Å². The van der Waals surface area contributed by atoms with E-state index in [1.807, 2.05) is 0 Å². The lowest BCUT2D eigenvalue weighted by atomic mass is 9.93. The highest BCUT2D eigenvalue weighted by Gasteiger charge is 2.15. The van der Waals surface area contributed by atoms with Gasteiger partial charge in [0.2, 0.25) is 0 Å². The van der Waals surface area contributed by atoms with E-state index >= 15 is 0 Å². The van der Waals surface area contributed by atoms with Gasteiger partial charge in [-0.3, -0.25) is 0 Å². The van der Waals surface area contributed by atoms with E-state index in [9.17, 15) is 0 Å². The van der Waals surface area contributed by atoms with E-state index in [0.29, 0.717) is 5.92 Å². The Kier molecular flexibility index (Phi) is 5.50. The van der Waals surface area contributed by atoms with Crippen molar-refractivity contribution in [2.45, 2.75) is 58.3 Å². The van der Waals surface area contributed by atoms with Crippen LogP contribution in [0.3, 0.4) is 0 Å². The number of hydrogen-bond acceptors (Lipinski definition) is 1. The molecule has 0 saturated carbocycles. The number of rotatable bonds is 7. The highest BCUT2D eigenvalue weighted by Crippen LogP contribution is 2.33. The number of benzene rings is 1. The minimum atomic E-state index is 0.589. The summed E-state index contributed by atoms with van der Waals surface area (Å²) < 4.78 is 7.16. The Morgan fingerprint density at radius 3 is 2.37 bits per heavy atom. The van der Waals surface area contributed by atoms with Crippen molar-refractivity contribution in [3.8, 4) is 0 Å². The molecule has 19 heavy (non-hydrogen) atoms. The van der Waals surface area contributed by atoms with Crippen molar-refractivity contribution in [1.29, 1.82) is 0 Å². The summed E-state index contributed by atoms with van der Waals surface area (Å²) >= 11 is 3.50. The Morgan fingerprint density at radius 1 is 1.05 bits per heavy atom. The first-order valence-electron chi connectivity index (χ1n) is 7.43. The molecule has 2 heteroatoms. The average molecular weight is 323 g/mol. The van der Waals surface area contributed by atoms with Gasteiger partial charge in [0.05, 0.1) is 0 Å². The lowest BCUT2D eigenvalue weighted by Gasteiger charge is -2.13. The van der Waals surface area contributed by atoms with Crippen molar-refractivity contribution in [3.05, 3.63) is 34.5 Å². The van der Waals surface area contributed by atoms with Gasteiger partial charge in [-0.05, 0) is 37.1 Å². The smallest absolute Gasteiger partial charge is 0.135 e. The summed E-state index contributed by atoms with van der Waals surface area (Å²) in [6.07, 6.45) is 7.59. The predicted octanol–water partition coefficient (Wildman–Crippen LogP) is 6.66. The summed E-state index contributed by atoms with van der Waals surface area (Å²) in [5.74, 6) is 1.76. The fourth-order valence-corrected chi connectivity index (χ4v) is 2.90. The number of halogens is 1. The first kappa shape index (κ1) is 14.6. The molecule has 0 aliphatic heterocycles. The molecule has 0 saturated heterocycles. The van der Waals surface area contributed by atoms with E-state index in [1.54, 1.807) is 0 Å². The molecule has 1 nitrogen and oxygen atoms in total. The summed E-state index contributed by atoms with van der Waals surface area (Å²) in [6, 6.07) is 8.51. The second kappa shape index (κ2) is 7.14. The van der Waals surface area contributed by atoms with Crippen molar-refractivity contribution in [3.63, 3.8) is 0 Å². The molecule has 0 fully saturated rings. The van der Waals surface area contributed by atoms with Gasteiger partial charge < -0.3 is 4.42 Å². The van der Waals surface area contributed by atoms with Crippen LogP contribution in [0.25, 0.3) is 11.0 Å². The topological polar surface area (TPSA) is 13.1 Å². The molecule has 0 spiro atoms. The third-order valence-electron chi connectivity index (χ3n) is 3.72. The highest BCUT2D eigenvalue weighted by molar-refractivity contribution is 9.10. The van der Waals surface area contributed by atoms with Gasteiger partial charge >= 0.3 is 0 Å². The predicted molar refractivity (Wildman–Crippen MR) is 85.7 cm³/mol. The lowest BCUT2D eigenvalue weighted by molar-refractivity contribution is 0.431. The number of hydrogen-bond donors (Lipinski definition) is 0. The normalized spacial score (nSPS) is 11.6. The summed E-state index contributed by atoms with van der Waals surface area (Å²) in [5, 5.41) is 1.22. The quantitative estimate of drug-likeness (QED) is 0.555. The second-order valence-corrected chi connectivity index (χ2v) is 6.23. The maximum atomic E-state index is 6.08. The van der Waals surface area contributed by atoms with Crippen LogP contribution in [0.2, 0.25) is 0 Å². The third-order valence-corrected chi connectivity index (χ3v) is 4.21. The van der Waals surface area contributed by atoms with Gasteiger partial charge in [-0.1, -0.05) is 55.5 Å². The largest absolute Gasteiger partial charge is 0.461 e. The van der Waals surface area contributed by atoms with Crippen LogP contribution in [0.1, 0.15) is 64.1 Å². The molecule has 0 amide bonds. The summed E-state index contributed by atoms with van der Waals surface area (Å²) in [5.41, 5.74) is 1.00. The number of furan rings is 1. The van der Waals surface area contributed by atoms with Gasteiger partial charge in [0, 0.05) is 15.8 Å². The van der Waals surface area contributed by atoms with Crippen LogP contribution in [-0.4, -0.2) is 0 Å². The summed E-state index contributed by atoms with van der Waals surface area (Å²) in [7, 11) is 0. The van der Waals surface area contributed by atoms with Crippen LogP contribution < -0.4 is 0 Å². The molecule has 0 aliphatic carbocycles. The number of fused-ring (bicyclic) bond motifs is 1. The zero-order valence-electron chi connectivity index (χ0n) is 11.9. The van der Waals surface area contributed by atoms with Crippen LogP contribution in [0, 0.1) is 0 Å². The van der Waals surface area contributed by atoms with Gasteiger partial charge in [-0.25, -0.2) is 0 Å². The molecule has 2 rings (SSSR count). The minimum absolute atomic E-state index is 0.589. The summed E-state index contributed by atoms with van der Waals surface area (Å²) in [6.45, 7) is 4.51. The molecule has 0 unspecified atom stereocenters. The lowest BCUT2D eigenvalue weighted by Crippen LogP contribution is -1.97. The average Bonchev–Trinajstić information content (AvgIpc) is 2.81. The van der Waals surface area contributed by atoms with E-state index in [4.69, 9.17) is 4.42 Å². The fraction of sp³-hybridized carbons (Fsp3) is 0.529. The molecule has 1 aromatic heterocycles. The minimum Gasteiger partial charge on any atom is -0.461 e. The van der Waals surface area contributed by atoms with E-state index in [2.05, 4.69) is 54.0 Å². The maximum absolute atomic E-state index is 6.08. The molecule has 1 aromatic carbocycles. The monoisotopic (exact) mass is 322 g/mol. The summed E-state index contributed by atoms with van der Waals surface area (Å²) in [4.78, 5) is 0. The van der Waals surface area contributed by atoms with Crippen LogP contribution in [0.5, 0.6) is 0 Å². The zero-order chi connectivity index (χ0) is 13.7. The maximum Gasteiger partial charge on any atom is 0.135 e. The van der Waals surface area contributed by atoms with Gasteiger partial charge in [-0.15, -0.1) is 0 Å². The number of unbranched alkanes of at least 4 members (excludes halogenated alkanes) is 2. The van der Waals surface area contributed by atoms with Crippen molar-refractivity contribution >= 4 is 26.9 Å². The van der Waals surface area contributed by atoms with Crippen molar-refractivity contribution in [1.82, 2.24) is 0 Å². The molecule has 104 valence electrons. The third kappa shape index (κ3) is 3.85. The molecule has 0 atom stereocenters. The Morgan fingerprint density at radius 2 is 1.74 bits per heavy atom. The van der Waals surface area contributed by atoms with E-state index in [0.717, 1.165) is 10.1 Å². The van der Waals surface area contributed by atoms with Gasteiger partial charge in [0.15, 0.2) is 0 Å². The molecular formula is C17H23BrO. The van der Waals surface area contributed by atoms with Crippen molar-refractivity contribution in [2.75, 3.05) is 0 Å². The molecule has 1 heterocycles. The molecule has 0 radical (unpaired) electrons. The Balaban J connectivity index is 2.21. The van der Waals surface area contributed by atoms with Gasteiger partial charge in [0.25, 0.3) is 0 Å². The fourth-order valence-electron chi connectivity index (χ4n) is 2.56. The second-order valence-electron chi connectivity index (χ2n) is 5.31. The Hall–Kier alpha value is -0.760. The van der Waals surface area contributed by atoms with E-state index in [-0.39, 0.29) is 0 Å². The van der Waals surface area contributed by atoms with Crippen LogP contribution in [-0.2, 0) is 0 Å². The van der Waals surface area contributed by atoms with Crippen LogP contribution in [0.15, 0.2) is 33.2 Å². The first-order valence-corrected chi connectivity index (χ1v) is 8.22. The Bertz CT molecular complexity index is 507. The zero-order valence-corrected chi connectivity index (χ0v) is 13.5. The first-order chi connectivity index (χ1) is 9.24. The van der Waals surface area contributed by atoms with Crippen molar-refractivity contribution in [2.24, 2.45) is 0 Å². The standard InChI is InChI=1S/C17H23BrO/c1-3-5-7-13(8-6-4-2)16-11-14-9-10-15(18)12-17(14)19-16/h9-13H,3-8H2,1-2H3. The molecule has 0 N–H and O–H groups in total. The van der Waals surface area contributed by atoms with Gasteiger partial charge in [-0.2, -0.15) is 0 Å². The van der Waals surface area contributed by atoms with Gasteiger partial charge in [0.1, 0.15) is 11.3 Å². The van der Waals surface area contributed by atoms with Crippen LogP contribution >= 0.6 is 15.9 Å². The van der Waals surface area contributed by atoms with E-state index < -0.39 is 0 Å².